The summed E-state index contributed by atoms with van der Waals surface area (Å²) in [5.41, 5.74) is 6.52. The van der Waals surface area contributed by atoms with Crippen molar-refractivity contribution in [2.75, 3.05) is 10.6 Å². The molecule has 6 nitrogen and oxygen atoms in total. The third-order valence-electron chi connectivity index (χ3n) is 4.89. The van der Waals surface area contributed by atoms with Gasteiger partial charge < -0.3 is 0 Å². The maximum atomic E-state index is 12.3. The molecule has 2 aromatic carbocycles. The minimum atomic E-state index is -3.48. The third-order valence-corrected chi connectivity index (χ3v) is 6.03. The van der Waals surface area contributed by atoms with Gasteiger partial charge in [-0.3, -0.25) is 9.10 Å². The van der Waals surface area contributed by atoms with Gasteiger partial charge in [-0.15, -0.1) is 0 Å². The minimum Gasteiger partial charge on any atom is -0.267 e. The van der Waals surface area contributed by atoms with E-state index in [4.69, 9.17) is 0 Å². The zero-order valence-corrected chi connectivity index (χ0v) is 17.0. The molecule has 3 rings (SSSR count). The molecule has 0 heterocycles. The average molecular weight is 400 g/mol. The van der Waals surface area contributed by atoms with Crippen LogP contribution < -0.4 is 9.73 Å². The summed E-state index contributed by atoms with van der Waals surface area (Å²) in [6.07, 6.45) is 5.28. The first kappa shape index (κ1) is 20.1. The summed E-state index contributed by atoms with van der Waals surface area (Å²) in [5.74, 6) is -0.296. The third kappa shape index (κ3) is 4.98. The van der Waals surface area contributed by atoms with Crippen LogP contribution in [0.25, 0.3) is 0 Å². The number of hydrogen-bond donors (Lipinski definition) is 1. The zero-order valence-electron chi connectivity index (χ0n) is 16.2. The van der Waals surface area contributed by atoms with Crippen molar-refractivity contribution in [2.45, 2.75) is 39.2 Å². The van der Waals surface area contributed by atoms with E-state index in [0.29, 0.717) is 11.3 Å². The highest BCUT2D eigenvalue weighted by Gasteiger charge is 2.19. The first-order valence-corrected chi connectivity index (χ1v) is 11.2. The smallest absolute Gasteiger partial charge is 0.267 e. The van der Waals surface area contributed by atoms with E-state index in [1.165, 1.54) is 10.6 Å². The van der Waals surface area contributed by atoms with Crippen LogP contribution in [0.2, 0.25) is 0 Å². The quantitative estimate of drug-likeness (QED) is 0.754. The van der Waals surface area contributed by atoms with Crippen LogP contribution in [0.5, 0.6) is 0 Å². The lowest BCUT2D eigenvalue weighted by Gasteiger charge is -2.23. The Labute approximate surface area is 166 Å². The molecule has 1 aliphatic rings. The second kappa shape index (κ2) is 8.56. The van der Waals surface area contributed by atoms with Gasteiger partial charge in [0.2, 0.25) is 10.0 Å². The Morgan fingerprint density at radius 2 is 1.71 bits per heavy atom. The molecule has 2 aromatic rings. The number of anilines is 1. The molecule has 0 atom stereocenters. The fourth-order valence-corrected chi connectivity index (χ4v) is 4.09. The van der Waals surface area contributed by atoms with Crippen LogP contribution in [0.1, 0.15) is 47.2 Å². The summed E-state index contributed by atoms with van der Waals surface area (Å²) in [6.45, 7) is 2.19. The van der Waals surface area contributed by atoms with Gasteiger partial charge in [0.05, 0.1) is 18.5 Å². The molecule has 0 radical (unpaired) electrons. The van der Waals surface area contributed by atoms with Crippen LogP contribution in [-0.2, 0) is 16.6 Å². The van der Waals surface area contributed by atoms with Gasteiger partial charge in [0, 0.05) is 11.3 Å². The normalized spacial score (nSPS) is 14.0. The Morgan fingerprint density at radius 1 is 1.07 bits per heavy atom. The molecule has 0 spiro atoms. The molecular formula is C21H25N3O3S. The van der Waals surface area contributed by atoms with Gasteiger partial charge in [0.1, 0.15) is 0 Å². The standard InChI is InChI=1S/C21H25N3O3S/c1-16-7-3-4-8-18(16)15-24(28(2,26)27)20-13-11-17(12-14-20)21(25)23-22-19-9-5-6-10-19/h3-4,7-8,11-14H,5-6,9-10,15H2,1-2H3,(H,23,25). The molecule has 0 saturated heterocycles. The number of aryl methyl sites for hydroxylation is 1. The highest BCUT2D eigenvalue weighted by molar-refractivity contribution is 7.92. The first-order chi connectivity index (χ1) is 13.3. The highest BCUT2D eigenvalue weighted by Crippen LogP contribution is 2.22. The summed E-state index contributed by atoms with van der Waals surface area (Å²) in [7, 11) is -3.48. The Hall–Kier alpha value is -2.67. The van der Waals surface area contributed by atoms with E-state index in [9.17, 15) is 13.2 Å². The fourth-order valence-electron chi connectivity index (χ4n) is 3.21. The van der Waals surface area contributed by atoms with Crippen LogP contribution in [0.15, 0.2) is 53.6 Å². The van der Waals surface area contributed by atoms with Crippen molar-refractivity contribution in [3.8, 4) is 0 Å². The number of hydrogen-bond acceptors (Lipinski definition) is 4. The van der Waals surface area contributed by atoms with Gasteiger partial charge in [0.15, 0.2) is 0 Å². The molecular weight excluding hydrogens is 374 g/mol. The van der Waals surface area contributed by atoms with E-state index < -0.39 is 10.0 Å². The number of benzene rings is 2. The Bertz CT molecular complexity index is 974. The lowest BCUT2D eigenvalue weighted by Crippen LogP contribution is -2.29. The SMILES string of the molecule is Cc1ccccc1CN(c1ccc(C(=O)NN=C2CCCC2)cc1)S(C)(=O)=O. The van der Waals surface area contributed by atoms with E-state index in [1.807, 2.05) is 31.2 Å². The first-order valence-electron chi connectivity index (χ1n) is 9.32. The van der Waals surface area contributed by atoms with Crippen molar-refractivity contribution in [3.05, 3.63) is 65.2 Å². The van der Waals surface area contributed by atoms with E-state index in [-0.39, 0.29) is 12.5 Å². The zero-order chi connectivity index (χ0) is 20.1. The van der Waals surface area contributed by atoms with Gasteiger partial charge in [-0.25, -0.2) is 13.8 Å². The monoisotopic (exact) mass is 399 g/mol. The average Bonchev–Trinajstić information content (AvgIpc) is 3.18. The number of carbonyl (C=O) groups excluding carboxylic acids is 1. The van der Waals surface area contributed by atoms with Crippen LogP contribution in [0, 0.1) is 6.92 Å². The number of carbonyl (C=O) groups is 1. The number of hydrazone groups is 1. The van der Waals surface area contributed by atoms with Crippen molar-refractivity contribution in [1.82, 2.24) is 5.43 Å². The minimum absolute atomic E-state index is 0.241. The second-order valence-corrected chi connectivity index (χ2v) is 8.98. The molecule has 148 valence electrons. The van der Waals surface area contributed by atoms with Gasteiger partial charge in [0.25, 0.3) is 5.91 Å². The predicted octanol–water partition coefficient (Wildman–Crippen LogP) is 3.62. The van der Waals surface area contributed by atoms with E-state index in [1.54, 1.807) is 24.3 Å². The molecule has 28 heavy (non-hydrogen) atoms. The van der Waals surface area contributed by atoms with Gasteiger partial charge in [-0.05, 0) is 68.0 Å². The van der Waals surface area contributed by atoms with Crippen molar-refractivity contribution in [3.63, 3.8) is 0 Å². The lowest BCUT2D eigenvalue weighted by atomic mass is 10.1. The molecule has 0 aliphatic heterocycles. The van der Waals surface area contributed by atoms with Crippen LogP contribution in [0.4, 0.5) is 5.69 Å². The maximum Gasteiger partial charge on any atom is 0.271 e. The molecule has 0 unspecified atom stereocenters. The van der Waals surface area contributed by atoms with E-state index in [0.717, 1.165) is 42.5 Å². The van der Waals surface area contributed by atoms with Crippen molar-refractivity contribution >= 4 is 27.3 Å². The molecule has 1 N–H and O–H groups in total. The molecule has 0 aromatic heterocycles. The molecule has 0 bridgehead atoms. The Balaban J connectivity index is 1.77. The van der Waals surface area contributed by atoms with Gasteiger partial charge >= 0.3 is 0 Å². The molecule has 1 aliphatic carbocycles. The molecule has 1 amide bonds. The lowest BCUT2D eigenvalue weighted by molar-refractivity contribution is 0.0954. The summed E-state index contributed by atoms with van der Waals surface area (Å²) in [5, 5.41) is 4.17. The fraction of sp³-hybridized carbons (Fsp3) is 0.333. The van der Waals surface area contributed by atoms with Gasteiger partial charge in [-0.1, -0.05) is 24.3 Å². The number of nitrogens with one attached hydrogen (secondary N) is 1. The van der Waals surface area contributed by atoms with E-state index in [2.05, 4.69) is 10.5 Å². The van der Waals surface area contributed by atoms with Crippen molar-refractivity contribution < 1.29 is 13.2 Å². The molecule has 1 saturated carbocycles. The highest BCUT2D eigenvalue weighted by atomic mass is 32.2. The Kier molecular flexibility index (Phi) is 6.14. The topological polar surface area (TPSA) is 78.8 Å². The van der Waals surface area contributed by atoms with Crippen molar-refractivity contribution in [1.29, 1.82) is 0 Å². The predicted molar refractivity (Wildman–Crippen MR) is 112 cm³/mol. The number of sulfonamides is 1. The van der Waals surface area contributed by atoms with Crippen LogP contribution in [-0.4, -0.2) is 26.3 Å². The summed E-state index contributed by atoms with van der Waals surface area (Å²) >= 11 is 0. The second-order valence-electron chi connectivity index (χ2n) is 7.07. The summed E-state index contributed by atoms with van der Waals surface area (Å²) in [4.78, 5) is 12.3. The maximum absolute atomic E-state index is 12.3. The molecule has 7 heteroatoms. The summed E-state index contributed by atoms with van der Waals surface area (Å²) in [6, 6.07) is 14.2. The number of amides is 1. The number of nitrogens with zero attached hydrogens (tertiary/aromatic N) is 2. The number of rotatable bonds is 6. The van der Waals surface area contributed by atoms with Crippen LogP contribution >= 0.6 is 0 Å². The largest absolute Gasteiger partial charge is 0.271 e. The van der Waals surface area contributed by atoms with Crippen LogP contribution in [0.3, 0.4) is 0 Å². The van der Waals surface area contributed by atoms with Crippen molar-refractivity contribution in [2.24, 2.45) is 5.10 Å². The van der Waals surface area contributed by atoms with E-state index >= 15 is 0 Å². The molecule has 1 fully saturated rings. The Morgan fingerprint density at radius 3 is 2.32 bits per heavy atom. The van der Waals surface area contributed by atoms with Gasteiger partial charge in [-0.2, -0.15) is 5.10 Å². The summed E-state index contributed by atoms with van der Waals surface area (Å²) < 4.78 is 26.0.